The lowest BCUT2D eigenvalue weighted by atomic mass is 10.1. The molecule has 4 nitrogen and oxygen atoms in total. The number of thiophene rings is 1. The van der Waals surface area contributed by atoms with Gasteiger partial charge in [-0.25, -0.2) is 0 Å². The quantitative estimate of drug-likeness (QED) is 0.942. The number of carbonyl (C=O) groups excluding carboxylic acids is 1. The molecule has 1 N–H and O–H groups in total. The number of benzene rings is 1. The maximum absolute atomic E-state index is 12.4. The fourth-order valence-electron chi connectivity index (χ4n) is 2.68. The van der Waals surface area contributed by atoms with E-state index in [0.29, 0.717) is 5.56 Å². The van der Waals surface area contributed by atoms with Gasteiger partial charge in [0, 0.05) is 43.2 Å². The summed E-state index contributed by atoms with van der Waals surface area (Å²) in [6, 6.07) is 10.8. The number of carbonyl (C=O) groups is 1. The molecule has 1 fully saturated rings. The first kappa shape index (κ1) is 15.1. The molecule has 22 heavy (non-hydrogen) atoms. The van der Waals surface area contributed by atoms with E-state index in [9.17, 15) is 9.90 Å². The van der Waals surface area contributed by atoms with Crippen LogP contribution in [0.25, 0.3) is 0 Å². The molecule has 3 rings (SSSR count). The van der Waals surface area contributed by atoms with Gasteiger partial charge in [0.25, 0.3) is 5.91 Å². The molecule has 2 aromatic rings. The van der Waals surface area contributed by atoms with Crippen LogP contribution in [0.15, 0.2) is 41.8 Å². The van der Waals surface area contributed by atoms with E-state index in [1.807, 2.05) is 4.90 Å². The number of aromatic hydroxyl groups is 1. The van der Waals surface area contributed by atoms with Gasteiger partial charge in [-0.1, -0.05) is 6.07 Å². The zero-order valence-electron chi connectivity index (χ0n) is 12.4. The Labute approximate surface area is 134 Å². The Morgan fingerprint density at radius 3 is 2.45 bits per heavy atom. The average molecular weight is 316 g/mol. The molecule has 5 heteroatoms. The molecule has 0 unspecified atom stereocenters. The van der Waals surface area contributed by atoms with Crippen LogP contribution in [0.4, 0.5) is 0 Å². The van der Waals surface area contributed by atoms with E-state index in [4.69, 9.17) is 0 Å². The minimum atomic E-state index is 0.0536. The topological polar surface area (TPSA) is 43.8 Å². The Hall–Kier alpha value is -1.85. The molecular weight excluding hydrogens is 296 g/mol. The number of phenols is 1. The summed E-state index contributed by atoms with van der Waals surface area (Å²) in [6.45, 7) is 4.44. The van der Waals surface area contributed by atoms with Crippen molar-refractivity contribution in [3.8, 4) is 5.75 Å². The fourth-order valence-corrected chi connectivity index (χ4v) is 3.38. The van der Waals surface area contributed by atoms with Gasteiger partial charge in [0.05, 0.1) is 0 Å². The van der Waals surface area contributed by atoms with Crippen LogP contribution in [-0.2, 0) is 6.42 Å². The second-order valence-corrected chi connectivity index (χ2v) is 6.54. The Morgan fingerprint density at radius 1 is 1.09 bits per heavy atom. The highest BCUT2D eigenvalue weighted by atomic mass is 32.1. The molecule has 1 aromatic heterocycles. The SMILES string of the molecule is O=C(c1ccc(O)cc1)N1CCN(CCc2cccs2)CC1. The van der Waals surface area contributed by atoms with Crippen LogP contribution in [0.2, 0.25) is 0 Å². The number of amides is 1. The van der Waals surface area contributed by atoms with E-state index >= 15 is 0 Å². The Balaban J connectivity index is 1.48. The summed E-state index contributed by atoms with van der Waals surface area (Å²) >= 11 is 1.80. The molecule has 0 saturated carbocycles. The number of hydrogen-bond donors (Lipinski definition) is 1. The van der Waals surface area contributed by atoms with Crippen molar-refractivity contribution < 1.29 is 9.90 Å². The van der Waals surface area contributed by atoms with Crippen LogP contribution in [0, 0.1) is 0 Å². The molecule has 0 bridgehead atoms. The summed E-state index contributed by atoms with van der Waals surface area (Å²) < 4.78 is 0. The van der Waals surface area contributed by atoms with E-state index in [0.717, 1.165) is 39.1 Å². The number of rotatable bonds is 4. The zero-order chi connectivity index (χ0) is 15.4. The number of piperazine rings is 1. The zero-order valence-corrected chi connectivity index (χ0v) is 13.3. The lowest BCUT2D eigenvalue weighted by Gasteiger charge is -2.34. The molecule has 2 heterocycles. The Kier molecular flexibility index (Phi) is 4.75. The van der Waals surface area contributed by atoms with Gasteiger partial charge in [-0.15, -0.1) is 11.3 Å². The number of nitrogens with zero attached hydrogens (tertiary/aromatic N) is 2. The van der Waals surface area contributed by atoms with E-state index in [2.05, 4.69) is 22.4 Å². The molecule has 1 aliphatic heterocycles. The molecule has 1 aliphatic rings. The van der Waals surface area contributed by atoms with Gasteiger partial charge in [-0.3, -0.25) is 9.69 Å². The summed E-state index contributed by atoms with van der Waals surface area (Å²) in [5.41, 5.74) is 0.643. The van der Waals surface area contributed by atoms with Crippen LogP contribution in [-0.4, -0.2) is 53.5 Å². The molecular formula is C17H20N2O2S. The molecule has 116 valence electrons. The molecule has 1 saturated heterocycles. The lowest BCUT2D eigenvalue weighted by Crippen LogP contribution is -2.49. The second-order valence-electron chi connectivity index (χ2n) is 5.51. The van der Waals surface area contributed by atoms with Crippen LogP contribution >= 0.6 is 11.3 Å². The summed E-state index contributed by atoms with van der Waals surface area (Å²) in [4.78, 5) is 18.1. The van der Waals surface area contributed by atoms with Crippen molar-refractivity contribution in [2.45, 2.75) is 6.42 Å². The highest BCUT2D eigenvalue weighted by molar-refractivity contribution is 7.09. The minimum Gasteiger partial charge on any atom is -0.508 e. The fraction of sp³-hybridized carbons (Fsp3) is 0.353. The van der Waals surface area contributed by atoms with Gasteiger partial charge in [-0.2, -0.15) is 0 Å². The predicted molar refractivity (Wildman–Crippen MR) is 88.5 cm³/mol. The Bertz CT molecular complexity index is 602. The predicted octanol–water partition coefficient (Wildman–Crippen LogP) is 2.45. The first-order chi connectivity index (χ1) is 10.7. The highest BCUT2D eigenvalue weighted by Gasteiger charge is 2.21. The average Bonchev–Trinajstić information content (AvgIpc) is 3.07. The monoisotopic (exact) mass is 316 g/mol. The van der Waals surface area contributed by atoms with Crippen LogP contribution in [0.1, 0.15) is 15.2 Å². The van der Waals surface area contributed by atoms with Crippen molar-refractivity contribution in [1.29, 1.82) is 0 Å². The standard InChI is InChI=1S/C17H20N2O2S/c20-15-5-3-14(4-6-15)17(21)19-11-9-18(10-12-19)8-7-16-2-1-13-22-16/h1-6,13,20H,7-12H2. The summed E-state index contributed by atoms with van der Waals surface area (Å²) in [6.07, 6.45) is 1.09. The molecule has 0 atom stereocenters. The van der Waals surface area contributed by atoms with Crippen molar-refractivity contribution in [2.75, 3.05) is 32.7 Å². The third kappa shape index (κ3) is 3.67. The first-order valence-electron chi connectivity index (χ1n) is 7.55. The van der Waals surface area contributed by atoms with Gasteiger partial charge < -0.3 is 10.0 Å². The summed E-state index contributed by atoms with van der Waals surface area (Å²) in [5.74, 6) is 0.243. The van der Waals surface area contributed by atoms with Crippen molar-refractivity contribution in [2.24, 2.45) is 0 Å². The van der Waals surface area contributed by atoms with Crippen LogP contribution in [0.5, 0.6) is 5.75 Å². The van der Waals surface area contributed by atoms with Crippen molar-refractivity contribution in [3.05, 3.63) is 52.2 Å². The molecule has 1 aromatic carbocycles. The lowest BCUT2D eigenvalue weighted by molar-refractivity contribution is 0.0639. The van der Waals surface area contributed by atoms with Crippen molar-refractivity contribution in [3.63, 3.8) is 0 Å². The highest BCUT2D eigenvalue weighted by Crippen LogP contribution is 2.14. The third-order valence-electron chi connectivity index (χ3n) is 4.03. The van der Waals surface area contributed by atoms with Gasteiger partial charge in [0.15, 0.2) is 0 Å². The smallest absolute Gasteiger partial charge is 0.253 e. The maximum atomic E-state index is 12.4. The van der Waals surface area contributed by atoms with Crippen molar-refractivity contribution >= 4 is 17.2 Å². The van der Waals surface area contributed by atoms with Crippen LogP contribution < -0.4 is 0 Å². The maximum Gasteiger partial charge on any atom is 0.253 e. The third-order valence-corrected chi connectivity index (χ3v) is 4.96. The molecule has 0 radical (unpaired) electrons. The van der Waals surface area contributed by atoms with E-state index in [1.165, 1.54) is 4.88 Å². The molecule has 0 aliphatic carbocycles. The second kappa shape index (κ2) is 6.94. The van der Waals surface area contributed by atoms with E-state index in [-0.39, 0.29) is 11.7 Å². The van der Waals surface area contributed by atoms with Gasteiger partial charge >= 0.3 is 0 Å². The minimum absolute atomic E-state index is 0.0536. The van der Waals surface area contributed by atoms with Gasteiger partial charge in [0.1, 0.15) is 5.75 Å². The first-order valence-corrected chi connectivity index (χ1v) is 8.43. The summed E-state index contributed by atoms with van der Waals surface area (Å²) in [5, 5.41) is 11.4. The van der Waals surface area contributed by atoms with Gasteiger partial charge in [0.2, 0.25) is 0 Å². The normalized spacial score (nSPS) is 15.9. The number of phenolic OH excluding ortho intramolecular Hbond substituents is 1. The summed E-state index contributed by atoms with van der Waals surface area (Å²) in [7, 11) is 0. The van der Waals surface area contributed by atoms with Crippen LogP contribution in [0.3, 0.4) is 0 Å². The van der Waals surface area contributed by atoms with E-state index in [1.54, 1.807) is 35.6 Å². The number of hydrogen-bond acceptors (Lipinski definition) is 4. The largest absolute Gasteiger partial charge is 0.508 e. The molecule has 0 spiro atoms. The van der Waals surface area contributed by atoms with E-state index < -0.39 is 0 Å². The van der Waals surface area contributed by atoms with Crippen molar-refractivity contribution in [1.82, 2.24) is 9.80 Å². The van der Waals surface area contributed by atoms with Gasteiger partial charge in [-0.05, 0) is 42.1 Å². The molecule has 1 amide bonds. The Morgan fingerprint density at radius 2 is 1.82 bits per heavy atom.